The number of carboxylic acid groups (broad SMARTS) is 1. The van der Waals surface area contributed by atoms with Crippen LogP contribution in [0.2, 0.25) is 0 Å². The number of nitrogens with two attached hydrogens (primary N) is 1. The maximum atomic E-state index is 10.9. The molecule has 16 heavy (non-hydrogen) atoms. The minimum atomic E-state index is -1.10. The van der Waals surface area contributed by atoms with Crippen molar-refractivity contribution in [2.45, 2.75) is 18.5 Å². The summed E-state index contributed by atoms with van der Waals surface area (Å²) in [5, 5.41) is 8.98. The second-order valence-electron chi connectivity index (χ2n) is 4.12. The van der Waals surface area contributed by atoms with Gasteiger partial charge in [0.25, 0.3) is 0 Å². The Morgan fingerprint density at radius 1 is 1.69 bits per heavy atom. The van der Waals surface area contributed by atoms with Crippen molar-refractivity contribution in [1.29, 1.82) is 0 Å². The Morgan fingerprint density at radius 2 is 2.50 bits per heavy atom. The zero-order valence-corrected chi connectivity index (χ0v) is 8.83. The topological polar surface area (TPSA) is 92.3 Å². The molecule has 1 unspecified atom stereocenters. The summed E-state index contributed by atoms with van der Waals surface area (Å²) in [5.74, 6) is -0.933. The third kappa shape index (κ3) is 2.17. The van der Waals surface area contributed by atoms with E-state index in [4.69, 9.17) is 10.8 Å². The lowest BCUT2D eigenvalue weighted by Gasteiger charge is -2.19. The second-order valence-corrected chi connectivity index (χ2v) is 4.12. The number of hydrogen-bond donors (Lipinski definition) is 2. The van der Waals surface area contributed by atoms with E-state index in [9.17, 15) is 4.79 Å². The van der Waals surface area contributed by atoms with Crippen LogP contribution >= 0.6 is 0 Å². The highest BCUT2D eigenvalue weighted by molar-refractivity contribution is 5.79. The van der Waals surface area contributed by atoms with Gasteiger partial charge in [0.2, 0.25) is 0 Å². The standard InChI is InChI=1S/C10H14N4O2/c11-10(9(15)16)2-4-14(6-10)5-8-1-3-12-7-13-8/h1,3,7H,2,4-6,11H2,(H,15,16). The molecule has 1 fully saturated rings. The van der Waals surface area contributed by atoms with Crippen LogP contribution in [-0.4, -0.2) is 44.6 Å². The predicted molar refractivity (Wildman–Crippen MR) is 56.5 cm³/mol. The number of aromatic nitrogens is 2. The first-order chi connectivity index (χ1) is 7.60. The Morgan fingerprint density at radius 3 is 3.06 bits per heavy atom. The molecule has 86 valence electrons. The van der Waals surface area contributed by atoms with Gasteiger partial charge in [0.15, 0.2) is 0 Å². The van der Waals surface area contributed by atoms with Crippen LogP contribution in [0.15, 0.2) is 18.6 Å². The average molecular weight is 222 g/mol. The van der Waals surface area contributed by atoms with Crippen LogP contribution in [0, 0.1) is 0 Å². The lowest BCUT2D eigenvalue weighted by molar-refractivity contribution is -0.142. The molecule has 3 N–H and O–H groups in total. The van der Waals surface area contributed by atoms with E-state index in [1.165, 1.54) is 6.33 Å². The van der Waals surface area contributed by atoms with Crippen LogP contribution in [0.4, 0.5) is 0 Å². The highest BCUT2D eigenvalue weighted by atomic mass is 16.4. The molecule has 0 radical (unpaired) electrons. The number of nitrogens with zero attached hydrogens (tertiary/aromatic N) is 3. The summed E-state index contributed by atoms with van der Waals surface area (Å²) in [6.07, 6.45) is 3.64. The number of aliphatic carboxylic acids is 1. The lowest BCUT2D eigenvalue weighted by atomic mass is 10.0. The number of rotatable bonds is 3. The first-order valence-electron chi connectivity index (χ1n) is 5.10. The molecule has 0 spiro atoms. The van der Waals surface area contributed by atoms with Crippen LogP contribution in [-0.2, 0) is 11.3 Å². The van der Waals surface area contributed by atoms with Gasteiger partial charge >= 0.3 is 5.97 Å². The minimum Gasteiger partial charge on any atom is -0.480 e. The number of likely N-dealkylation sites (tertiary alicyclic amines) is 1. The van der Waals surface area contributed by atoms with Crippen LogP contribution in [0.25, 0.3) is 0 Å². The van der Waals surface area contributed by atoms with Crippen LogP contribution in [0.1, 0.15) is 12.1 Å². The van der Waals surface area contributed by atoms with E-state index in [-0.39, 0.29) is 0 Å². The summed E-state index contributed by atoms with van der Waals surface area (Å²) in [6.45, 7) is 1.67. The van der Waals surface area contributed by atoms with Crippen molar-refractivity contribution >= 4 is 5.97 Å². The maximum absolute atomic E-state index is 10.9. The molecule has 0 aliphatic carbocycles. The fourth-order valence-corrected chi connectivity index (χ4v) is 1.86. The number of carbonyl (C=O) groups is 1. The van der Waals surface area contributed by atoms with E-state index in [0.717, 1.165) is 5.69 Å². The van der Waals surface area contributed by atoms with E-state index >= 15 is 0 Å². The summed E-state index contributed by atoms with van der Waals surface area (Å²) >= 11 is 0. The minimum absolute atomic E-state index is 0.367. The largest absolute Gasteiger partial charge is 0.480 e. The van der Waals surface area contributed by atoms with Gasteiger partial charge in [0.1, 0.15) is 11.9 Å². The monoisotopic (exact) mass is 222 g/mol. The smallest absolute Gasteiger partial charge is 0.325 e. The summed E-state index contributed by atoms with van der Waals surface area (Å²) < 4.78 is 0. The summed E-state index contributed by atoms with van der Waals surface area (Å²) in [5.41, 5.74) is 5.55. The molecule has 6 nitrogen and oxygen atoms in total. The van der Waals surface area contributed by atoms with Crippen LogP contribution < -0.4 is 5.73 Å². The molecule has 2 rings (SSSR count). The molecule has 1 aliphatic heterocycles. The Hall–Kier alpha value is -1.53. The molecule has 0 aromatic carbocycles. The Kier molecular flexibility index (Phi) is 2.84. The normalized spacial score (nSPS) is 25.8. The molecule has 1 aliphatic rings. The second kappa shape index (κ2) is 4.15. The van der Waals surface area contributed by atoms with Crippen molar-refractivity contribution in [2.24, 2.45) is 5.73 Å². The van der Waals surface area contributed by atoms with Crippen molar-refractivity contribution in [3.05, 3.63) is 24.3 Å². The van der Waals surface area contributed by atoms with Crippen molar-refractivity contribution in [1.82, 2.24) is 14.9 Å². The van der Waals surface area contributed by atoms with Crippen molar-refractivity contribution in [3.63, 3.8) is 0 Å². The van der Waals surface area contributed by atoms with Crippen molar-refractivity contribution in [2.75, 3.05) is 13.1 Å². The van der Waals surface area contributed by atoms with E-state index in [1.807, 2.05) is 11.0 Å². The van der Waals surface area contributed by atoms with Crippen LogP contribution in [0.3, 0.4) is 0 Å². The molecule has 1 saturated heterocycles. The molecule has 0 bridgehead atoms. The predicted octanol–water partition coefficient (Wildman–Crippen LogP) is -0.536. The Labute approximate surface area is 93.1 Å². The number of hydrogen-bond acceptors (Lipinski definition) is 5. The molecule has 6 heteroatoms. The third-order valence-electron chi connectivity index (χ3n) is 2.83. The molecule has 1 aromatic heterocycles. The quantitative estimate of drug-likeness (QED) is 0.714. The summed E-state index contributed by atoms with van der Waals surface area (Å²) in [6, 6.07) is 1.82. The van der Waals surface area contributed by atoms with Gasteiger partial charge in [-0.15, -0.1) is 0 Å². The SMILES string of the molecule is NC1(C(=O)O)CCN(Cc2ccncn2)C1. The maximum Gasteiger partial charge on any atom is 0.325 e. The van der Waals surface area contributed by atoms with Gasteiger partial charge in [0.05, 0.1) is 5.69 Å². The van der Waals surface area contributed by atoms with Gasteiger partial charge in [-0.1, -0.05) is 0 Å². The van der Waals surface area contributed by atoms with Gasteiger partial charge in [-0.05, 0) is 12.5 Å². The molecular formula is C10H14N4O2. The van der Waals surface area contributed by atoms with E-state index in [2.05, 4.69) is 9.97 Å². The van der Waals surface area contributed by atoms with Gasteiger partial charge in [-0.25, -0.2) is 9.97 Å². The lowest BCUT2D eigenvalue weighted by Crippen LogP contribution is -2.50. The van der Waals surface area contributed by atoms with Gasteiger partial charge in [-0.2, -0.15) is 0 Å². The van der Waals surface area contributed by atoms with E-state index in [0.29, 0.717) is 26.1 Å². The number of carboxylic acids is 1. The fraction of sp³-hybridized carbons (Fsp3) is 0.500. The zero-order chi connectivity index (χ0) is 11.6. The molecule has 2 heterocycles. The first-order valence-corrected chi connectivity index (χ1v) is 5.10. The Bertz CT molecular complexity index is 384. The van der Waals surface area contributed by atoms with Crippen molar-refractivity contribution in [3.8, 4) is 0 Å². The van der Waals surface area contributed by atoms with E-state index in [1.54, 1.807) is 6.20 Å². The van der Waals surface area contributed by atoms with Gasteiger partial charge < -0.3 is 10.8 Å². The van der Waals surface area contributed by atoms with Gasteiger partial charge in [0, 0.05) is 25.8 Å². The molecule has 1 atom stereocenters. The van der Waals surface area contributed by atoms with E-state index < -0.39 is 11.5 Å². The molecular weight excluding hydrogens is 208 g/mol. The zero-order valence-electron chi connectivity index (χ0n) is 8.83. The highest BCUT2D eigenvalue weighted by Gasteiger charge is 2.41. The first kappa shape index (κ1) is 11.0. The summed E-state index contributed by atoms with van der Waals surface area (Å²) in [7, 11) is 0. The average Bonchev–Trinajstić information content (AvgIpc) is 2.63. The molecule has 1 aromatic rings. The molecule has 0 saturated carbocycles. The highest BCUT2D eigenvalue weighted by Crippen LogP contribution is 2.20. The third-order valence-corrected chi connectivity index (χ3v) is 2.83. The van der Waals surface area contributed by atoms with Gasteiger partial charge in [-0.3, -0.25) is 9.69 Å². The fourth-order valence-electron chi connectivity index (χ4n) is 1.86. The van der Waals surface area contributed by atoms with Crippen LogP contribution in [0.5, 0.6) is 0 Å². The van der Waals surface area contributed by atoms with Crippen molar-refractivity contribution < 1.29 is 9.90 Å². The molecule has 0 amide bonds. The Balaban J connectivity index is 1.98. The summed E-state index contributed by atoms with van der Waals surface area (Å²) in [4.78, 5) is 20.9.